The number of ether oxygens (including phenoxy) is 2. The van der Waals surface area contributed by atoms with Crippen LogP contribution in [0.5, 0.6) is 11.5 Å². The molecule has 6 heteroatoms. The summed E-state index contributed by atoms with van der Waals surface area (Å²) in [7, 11) is 3.17. The highest BCUT2D eigenvalue weighted by atomic mass is 16.5. The molecule has 0 spiro atoms. The number of methoxy groups -OCH3 is 2. The lowest BCUT2D eigenvalue weighted by Crippen LogP contribution is -2.40. The molecule has 2 bridgehead atoms. The maximum Gasteiger partial charge on any atom is 0.307 e. The van der Waals surface area contributed by atoms with Crippen LogP contribution in [0.3, 0.4) is 0 Å². The van der Waals surface area contributed by atoms with E-state index < -0.39 is 17.8 Å². The third-order valence-corrected chi connectivity index (χ3v) is 5.21. The van der Waals surface area contributed by atoms with Crippen molar-refractivity contribution < 1.29 is 24.2 Å². The number of carbonyl (C=O) groups is 2. The number of carboxylic acids is 1. The second-order valence-electron chi connectivity index (χ2n) is 6.57. The summed E-state index contributed by atoms with van der Waals surface area (Å²) in [6.45, 7) is 0.457. The molecule has 4 atom stereocenters. The molecule has 1 amide bonds. The third kappa shape index (κ3) is 3.34. The summed E-state index contributed by atoms with van der Waals surface area (Å²) in [6.07, 6.45) is 5.34. The van der Waals surface area contributed by atoms with Crippen molar-refractivity contribution in [1.82, 2.24) is 5.32 Å². The van der Waals surface area contributed by atoms with Gasteiger partial charge in [-0.05, 0) is 42.4 Å². The minimum atomic E-state index is -0.878. The molecule has 1 fully saturated rings. The predicted octanol–water partition coefficient (Wildman–Crippen LogP) is 1.89. The average Bonchev–Trinajstić information content (AvgIpc) is 3.22. The molecule has 134 valence electrons. The molecule has 0 radical (unpaired) electrons. The summed E-state index contributed by atoms with van der Waals surface area (Å²) in [5, 5.41) is 12.3. The molecule has 2 aliphatic rings. The second kappa shape index (κ2) is 7.17. The van der Waals surface area contributed by atoms with E-state index in [2.05, 4.69) is 5.32 Å². The average molecular weight is 345 g/mol. The van der Waals surface area contributed by atoms with Gasteiger partial charge in [-0.25, -0.2) is 0 Å². The normalized spacial score (nSPS) is 26.5. The number of benzene rings is 1. The van der Waals surface area contributed by atoms with Crippen LogP contribution in [0.4, 0.5) is 0 Å². The monoisotopic (exact) mass is 345 g/mol. The number of fused-ring (bicyclic) bond motifs is 2. The molecule has 0 heterocycles. The minimum Gasteiger partial charge on any atom is -0.493 e. The highest BCUT2D eigenvalue weighted by Gasteiger charge is 2.51. The molecule has 1 aromatic carbocycles. The molecule has 3 rings (SSSR count). The topological polar surface area (TPSA) is 84.9 Å². The SMILES string of the molecule is COc1ccc(CCNC(=O)[C@@H]2[C@@H](C(=O)O)[C@H]3C=C[C@@H]2C3)cc1OC. The fourth-order valence-corrected chi connectivity index (χ4v) is 4.00. The highest BCUT2D eigenvalue weighted by molar-refractivity contribution is 5.86. The highest BCUT2D eigenvalue weighted by Crippen LogP contribution is 2.48. The van der Waals surface area contributed by atoms with Gasteiger partial charge >= 0.3 is 5.97 Å². The Morgan fingerprint density at radius 3 is 2.44 bits per heavy atom. The largest absolute Gasteiger partial charge is 0.493 e. The van der Waals surface area contributed by atoms with E-state index in [1.54, 1.807) is 14.2 Å². The van der Waals surface area contributed by atoms with E-state index in [0.717, 1.165) is 12.0 Å². The Balaban J connectivity index is 1.58. The lowest BCUT2D eigenvalue weighted by molar-refractivity contribution is -0.147. The van der Waals surface area contributed by atoms with Crippen molar-refractivity contribution >= 4 is 11.9 Å². The van der Waals surface area contributed by atoms with E-state index in [0.29, 0.717) is 24.5 Å². The Morgan fingerprint density at radius 1 is 1.12 bits per heavy atom. The molecule has 1 saturated carbocycles. The van der Waals surface area contributed by atoms with Gasteiger partial charge < -0.3 is 19.9 Å². The maximum atomic E-state index is 12.5. The first-order chi connectivity index (χ1) is 12.0. The van der Waals surface area contributed by atoms with Crippen molar-refractivity contribution in [1.29, 1.82) is 0 Å². The number of nitrogens with one attached hydrogen (secondary N) is 1. The molecule has 6 nitrogen and oxygen atoms in total. The number of amides is 1. The molecule has 0 aliphatic heterocycles. The van der Waals surface area contributed by atoms with Gasteiger partial charge in [0.1, 0.15) is 0 Å². The number of allylic oxidation sites excluding steroid dienone is 2. The van der Waals surface area contributed by atoms with E-state index in [-0.39, 0.29) is 17.7 Å². The summed E-state index contributed by atoms with van der Waals surface area (Å²) in [4.78, 5) is 24.0. The summed E-state index contributed by atoms with van der Waals surface area (Å²) >= 11 is 0. The summed E-state index contributed by atoms with van der Waals surface area (Å²) < 4.78 is 10.5. The number of aliphatic carboxylic acids is 1. The minimum absolute atomic E-state index is 0.0101. The molecular formula is C19H23NO5. The van der Waals surface area contributed by atoms with Gasteiger partial charge in [0.25, 0.3) is 0 Å². The van der Waals surface area contributed by atoms with Crippen molar-refractivity contribution in [3.05, 3.63) is 35.9 Å². The number of hydrogen-bond acceptors (Lipinski definition) is 4. The van der Waals surface area contributed by atoms with Crippen molar-refractivity contribution in [3.8, 4) is 11.5 Å². The standard InChI is InChI=1S/C19H23NO5/c1-24-14-6-3-11(9-15(14)25-2)7-8-20-18(21)16-12-4-5-13(10-12)17(16)19(22)23/h3-6,9,12-13,16-17H,7-8,10H2,1-2H3,(H,20,21)(H,22,23)/t12-,13+,16+,17+/m1/s1. The van der Waals surface area contributed by atoms with Crippen molar-refractivity contribution in [3.63, 3.8) is 0 Å². The molecule has 0 saturated heterocycles. The Kier molecular flexibility index (Phi) is 4.97. The van der Waals surface area contributed by atoms with Crippen molar-refractivity contribution in [2.45, 2.75) is 12.8 Å². The zero-order valence-electron chi connectivity index (χ0n) is 14.4. The Hall–Kier alpha value is -2.50. The molecule has 25 heavy (non-hydrogen) atoms. The first kappa shape index (κ1) is 17.3. The lowest BCUT2D eigenvalue weighted by Gasteiger charge is -2.23. The van der Waals surface area contributed by atoms with Crippen LogP contribution < -0.4 is 14.8 Å². The third-order valence-electron chi connectivity index (χ3n) is 5.21. The van der Waals surface area contributed by atoms with Crippen LogP contribution in [-0.4, -0.2) is 37.7 Å². The first-order valence-corrected chi connectivity index (χ1v) is 8.45. The van der Waals surface area contributed by atoms with Gasteiger partial charge in [-0.1, -0.05) is 18.2 Å². The summed E-state index contributed by atoms with van der Waals surface area (Å²) in [5.41, 5.74) is 1.01. The molecule has 0 unspecified atom stereocenters. The number of rotatable bonds is 7. The van der Waals surface area contributed by atoms with Crippen molar-refractivity contribution in [2.75, 3.05) is 20.8 Å². The molecule has 2 aliphatic carbocycles. The van der Waals surface area contributed by atoms with Gasteiger partial charge in [-0.3, -0.25) is 9.59 Å². The zero-order chi connectivity index (χ0) is 18.0. The Morgan fingerprint density at radius 2 is 1.80 bits per heavy atom. The van der Waals surface area contributed by atoms with Gasteiger partial charge in [-0.15, -0.1) is 0 Å². The van der Waals surface area contributed by atoms with Crippen molar-refractivity contribution in [2.24, 2.45) is 23.7 Å². The maximum absolute atomic E-state index is 12.5. The number of carboxylic acid groups (broad SMARTS) is 1. The van der Waals surface area contributed by atoms with Crippen LogP contribution in [0, 0.1) is 23.7 Å². The zero-order valence-corrected chi connectivity index (χ0v) is 14.4. The quantitative estimate of drug-likeness (QED) is 0.737. The summed E-state index contributed by atoms with van der Waals surface area (Å²) in [5.74, 6) is -0.754. The van der Waals surface area contributed by atoms with Crippen LogP contribution in [-0.2, 0) is 16.0 Å². The lowest BCUT2D eigenvalue weighted by atomic mass is 9.82. The van der Waals surface area contributed by atoms with Crippen LogP contribution in [0.25, 0.3) is 0 Å². The second-order valence-corrected chi connectivity index (χ2v) is 6.57. The van der Waals surface area contributed by atoms with E-state index in [9.17, 15) is 14.7 Å². The fraction of sp³-hybridized carbons (Fsp3) is 0.474. The van der Waals surface area contributed by atoms with E-state index >= 15 is 0 Å². The smallest absolute Gasteiger partial charge is 0.307 e. The Bertz CT molecular complexity index is 699. The predicted molar refractivity (Wildman–Crippen MR) is 91.6 cm³/mol. The van der Waals surface area contributed by atoms with E-state index in [4.69, 9.17) is 9.47 Å². The van der Waals surface area contributed by atoms with Gasteiger partial charge in [0.2, 0.25) is 5.91 Å². The van der Waals surface area contributed by atoms with Crippen LogP contribution in [0.15, 0.2) is 30.4 Å². The first-order valence-electron chi connectivity index (χ1n) is 8.45. The van der Waals surface area contributed by atoms with Gasteiger partial charge in [-0.2, -0.15) is 0 Å². The van der Waals surface area contributed by atoms with Crippen LogP contribution in [0.1, 0.15) is 12.0 Å². The van der Waals surface area contributed by atoms with Crippen LogP contribution >= 0.6 is 0 Å². The van der Waals surface area contributed by atoms with E-state index in [1.165, 1.54) is 0 Å². The van der Waals surface area contributed by atoms with Gasteiger partial charge in [0, 0.05) is 6.54 Å². The number of hydrogen-bond donors (Lipinski definition) is 2. The molecular weight excluding hydrogens is 322 g/mol. The van der Waals surface area contributed by atoms with Gasteiger partial charge in [0.15, 0.2) is 11.5 Å². The number of carbonyl (C=O) groups excluding carboxylic acids is 1. The van der Waals surface area contributed by atoms with Gasteiger partial charge in [0.05, 0.1) is 26.1 Å². The van der Waals surface area contributed by atoms with Crippen LogP contribution in [0.2, 0.25) is 0 Å². The molecule has 1 aromatic rings. The fourth-order valence-electron chi connectivity index (χ4n) is 4.00. The molecule has 2 N–H and O–H groups in total. The van der Waals surface area contributed by atoms with E-state index in [1.807, 2.05) is 30.4 Å². The molecule has 0 aromatic heterocycles. The Labute approximate surface area is 146 Å². The summed E-state index contributed by atoms with van der Waals surface area (Å²) in [6, 6.07) is 5.64.